The highest BCUT2D eigenvalue weighted by atomic mass is 15.1. The van der Waals surface area contributed by atoms with Crippen LogP contribution in [0.15, 0.2) is 12.4 Å². The van der Waals surface area contributed by atoms with Crippen LogP contribution in [0.2, 0.25) is 0 Å². The van der Waals surface area contributed by atoms with Crippen LogP contribution < -0.4 is 11.1 Å². The van der Waals surface area contributed by atoms with E-state index in [9.17, 15) is 0 Å². The Morgan fingerprint density at radius 2 is 2.13 bits per heavy atom. The first kappa shape index (κ1) is 8.95. The summed E-state index contributed by atoms with van der Waals surface area (Å²) in [6.07, 6.45) is 8.84. The molecule has 0 amide bonds. The number of nitrogen functional groups attached to an aromatic ring is 1. The van der Waals surface area contributed by atoms with Crippen molar-refractivity contribution in [3.05, 3.63) is 12.4 Å². The number of anilines is 2. The second kappa shape index (κ2) is 3.36. The number of rotatable bonds is 2. The maximum atomic E-state index is 5.49. The zero-order valence-electron chi connectivity index (χ0n) is 8.69. The molecular weight excluding hydrogens is 188 g/mol. The largest absolute Gasteiger partial charge is 0.382 e. The smallest absolute Gasteiger partial charge is 0.144 e. The fourth-order valence-corrected chi connectivity index (χ4v) is 3.02. The number of nitrogens with two attached hydrogens (primary N) is 1. The quantitative estimate of drug-likeness (QED) is 0.769. The minimum absolute atomic E-state index is 0.480. The van der Waals surface area contributed by atoms with E-state index in [1.165, 1.54) is 25.7 Å². The van der Waals surface area contributed by atoms with Crippen LogP contribution in [-0.4, -0.2) is 16.0 Å². The Kier molecular flexibility index (Phi) is 2.01. The summed E-state index contributed by atoms with van der Waals surface area (Å²) in [5.41, 5.74) is 5.49. The third-order valence-electron chi connectivity index (χ3n) is 3.74. The van der Waals surface area contributed by atoms with Crippen LogP contribution in [0.3, 0.4) is 0 Å². The van der Waals surface area contributed by atoms with Crippen LogP contribution in [0.25, 0.3) is 0 Å². The molecule has 2 aliphatic rings. The Morgan fingerprint density at radius 3 is 2.73 bits per heavy atom. The van der Waals surface area contributed by atoms with Gasteiger partial charge in [0.1, 0.15) is 11.6 Å². The normalized spacial score (nSPS) is 33.2. The van der Waals surface area contributed by atoms with Crippen molar-refractivity contribution in [3.63, 3.8) is 0 Å². The van der Waals surface area contributed by atoms with Gasteiger partial charge in [0, 0.05) is 6.04 Å². The highest BCUT2D eigenvalue weighted by Gasteiger charge is 2.39. The number of fused-ring (bicyclic) bond motifs is 2. The van der Waals surface area contributed by atoms with Gasteiger partial charge in [0.2, 0.25) is 0 Å². The van der Waals surface area contributed by atoms with E-state index in [-0.39, 0.29) is 0 Å². The molecule has 2 aliphatic carbocycles. The summed E-state index contributed by atoms with van der Waals surface area (Å²) in [6, 6.07) is 0.613. The SMILES string of the molecule is Nc1cnc(NC2CC3CCC2C3)cn1. The summed E-state index contributed by atoms with van der Waals surface area (Å²) in [7, 11) is 0. The van der Waals surface area contributed by atoms with Crippen LogP contribution in [-0.2, 0) is 0 Å². The van der Waals surface area contributed by atoms with Gasteiger partial charge in [0.05, 0.1) is 12.4 Å². The summed E-state index contributed by atoms with van der Waals surface area (Å²) in [5.74, 6) is 3.15. The van der Waals surface area contributed by atoms with E-state index in [0.29, 0.717) is 11.9 Å². The van der Waals surface area contributed by atoms with Crippen LogP contribution in [0.1, 0.15) is 25.7 Å². The molecule has 0 radical (unpaired) electrons. The summed E-state index contributed by atoms with van der Waals surface area (Å²) < 4.78 is 0. The standard InChI is InChI=1S/C11H16N4/c12-10-5-14-11(6-13-10)15-9-4-7-1-2-8(9)3-7/h5-9H,1-4H2,(H2,12,13)(H,14,15). The zero-order valence-corrected chi connectivity index (χ0v) is 8.69. The Labute approximate surface area is 89.3 Å². The third-order valence-corrected chi connectivity index (χ3v) is 3.74. The number of nitrogens with zero attached hydrogens (tertiary/aromatic N) is 2. The lowest BCUT2D eigenvalue weighted by Gasteiger charge is -2.23. The van der Waals surface area contributed by atoms with E-state index < -0.39 is 0 Å². The van der Waals surface area contributed by atoms with Gasteiger partial charge in [-0.1, -0.05) is 6.42 Å². The molecule has 80 valence electrons. The molecule has 2 fully saturated rings. The zero-order chi connectivity index (χ0) is 10.3. The summed E-state index contributed by atoms with van der Waals surface area (Å²) in [5, 5.41) is 3.47. The van der Waals surface area contributed by atoms with Crippen molar-refractivity contribution >= 4 is 11.6 Å². The Bertz CT molecular complexity index is 348. The fourth-order valence-electron chi connectivity index (χ4n) is 3.02. The average Bonchev–Trinajstić information content (AvgIpc) is 2.83. The van der Waals surface area contributed by atoms with Gasteiger partial charge in [0.25, 0.3) is 0 Å². The average molecular weight is 204 g/mol. The van der Waals surface area contributed by atoms with E-state index in [4.69, 9.17) is 5.73 Å². The number of nitrogens with one attached hydrogen (secondary N) is 1. The van der Waals surface area contributed by atoms with Crippen molar-refractivity contribution in [2.45, 2.75) is 31.7 Å². The molecule has 1 heterocycles. The van der Waals surface area contributed by atoms with Crippen molar-refractivity contribution in [1.29, 1.82) is 0 Å². The molecule has 4 nitrogen and oxygen atoms in total. The molecule has 2 bridgehead atoms. The summed E-state index contributed by atoms with van der Waals surface area (Å²) in [4.78, 5) is 8.26. The van der Waals surface area contributed by atoms with Crippen LogP contribution >= 0.6 is 0 Å². The van der Waals surface area contributed by atoms with E-state index in [1.807, 2.05) is 0 Å². The lowest BCUT2D eigenvalue weighted by atomic mass is 9.95. The van der Waals surface area contributed by atoms with Crippen molar-refractivity contribution in [2.24, 2.45) is 11.8 Å². The molecule has 1 aromatic heterocycles. The topological polar surface area (TPSA) is 63.8 Å². The molecular formula is C11H16N4. The molecule has 3 atom stereocenters. The first-order chi connectivity index (χ1) is 7.31. The highest BCUT2D eigenvalue weighted by molar-refractivity contribution is 5.37. The molecule has 15 heavy (non-hydrogen) atoms. The van der Waals surface area contributed by atoms with Gasteiger partial charge in [-0.3, -0.25) is 0 Å². The van der Waals surface area contributed by atoms with Crippen molar-refractivity contribution in [2.75, 3.05) is 11.1 Å². The Balaban J connectivity index is 1.68. The maximum absolute atomic E-state index is 5.49. The van der Waals surface area contributed by atoms with Gasteiger partial charge in [0.15, 0.2) is 0 Å². The molecule has 0 spiro atoms. The van der Waals surface area contributed by atoms with E-state index in [0.717, 1.165) is 17.7 Å². The summed E-state index contributed by atoms with van der Waals surface area (Å²) >= 11 is 0. The van der Waals surface area contributed by atoms with E-state index in [1.54, 1.807) is 12.4 Å². The van der Waals surface area contributed by atoms with Crippen molar-refractivity contribution in [3.8, 4) is 0 Å². The first-order valence-corrected chi connectivity index (χ1v) is 5.65. The monoisotopic (exact) mass is 204 g/mol. The lowest BCUT2D eigenvalue weighted by Crippen LogP contribution is -2.26. The molecule has 0 aromatic carbocycles. The van der Waals surface area contributed by atoms with E-state index >= 15 is 0 Å². The number of aromatic nitrogens is 2. The predicted octanol–water partition coefficient (Wildman–Crippen LogP) is 1.66. The molecule has 1 aromatic rings. The van der Waals surface area contributed by atoms with Gasteiger partial charge < -0.3 is 11.1 Å². The molecule has 4 heteroatoms. The molecule has 3 rings (SSSR count). The number of hydrogen-bond donors (Lipinski definition) is 2. The van der Waals surface area contributed by atoms with Gasteiger partial charge in [-0.05, 0) is 31.1 Å². The molecule has 0 saturated heterocycles. The minimum Gasteiger partial charge on any atom is -0.382 e. The number of hydrogen-bond acceptors (Lipinski definition) is 4. The van der Waals surface area contributed by atoms with Crippen molar-refractivity contribution < 1.29 is 0 Å². The minimum atomic E-state index is 0.480. The Hall–Kier alpha value is -1.32. The Morgan fingerprint density at radius 1 is 1.20 bits per heavy atom. The lowest BCUT2D eigenvalue weighted by molar-refractivity contribution is 0.439. The van der Waals surface area contributed by atoms with Crippen molar-refractivity contribution in [1.82, 2.24) is 9.97 Å². The van der Waals surface area contributed by atoms with E-state index in [2.05, 4.69) is 15.3 Å². The molecule has 3 N–H and O–H groups in total. The second-order valence-electron chi connectivity index (χ2n) is 4.75. The van der Waals surface area contributed by atoms with Crippen LogP contribution in [0.4, 0.5) is 11.6 Å². The summed E-state index contributed by atoms with van der Waals surface area (Å²) in [6.45, 7) is 0. The van der Waals surface area contributed by atoms with Gasteiger partial charge in [-0.25, -0.2) is 9.97 Å². The third kappa shape index (κ3) is 1.64. The van der Waals surface area contributed by atoms with Gasteiger partial charge in [-0.2, -0.15) is 0 Å². The molecule has 3 unspecified atom stereocenters. The molecule has 0 aliphatic heterocycles. The fraction of sp³-hybridized carbons (Fsp3) is 0.636. The molecule has 2 saturated carbocycles. The highest BCUT2D eigenvalue weighted by Crippen LogP contribution is 2.45. The maximum Gasteiger partial charge on any atom is 0.144 e. The van der Waals surface area contributed by atoms with Gasteiger partial charge >= 0.3 is 0 Å². The first-order valence-electron chi connectivity index (χ1n) is 5.65. The van der Waals surface area contributed by atoms with Crippen LogP contribution in [0.5, 0.6) is 0 Å². The second-order valence-corrected chi connectivity index (χ2v) is 4.75. The van der Waals surface area contributed by atoms with Crippen LogP contribution in [0, 0.1) is 11.8 Å². The van der Waals surface area contributed by atoms with Gasteiger partial charge in [-0.15, -0.1) is 0 Å². The predicted molar refractivity (Wildman–Crippen MR) is 59.3 cm³/mol.